The number of allylic oxidation sites excluding steroid dienone is 1. The topological polar surface area (TPSA) is 32.7 Å². The molecule has 0 radical (unpaired) electrons. The van der Waals surface area contributed by atoms with E-state index in [-0.39, 0.29) is 5.91 Å². The van der Waals surface area contributed by atoms with Gasteiger partial charge in [-0.3, -0.25) is 14.7 Å². The molecule has 102 valence electrons. The molecule has 0 fully saturated rings. The summed E-state index contributed by atoms with van der Waals surface area (Å²) in [6.45, 7) is 6.57. The van der Waals surface area contributed by atoms with E-state index in [4.69, 9.17) is 0 Å². The van der Waals surface area contributed by atoms with E-state index in [9.17, 15) is 4.79 Å². The number of fused-ring (bicyclic) bond motifs is 1. The van der Waals surface area contributed by atoms with E-state index in [0.717, 1.165) is 22.0 Å². The van der Waals surface area contributed by atoms with Crippen LogP contribution in [0.25, 0.3) is 6.08 Å². The zero-order valence-corrected chi connectivity index (χ0v) is 12.6. The first-order chi connectivity index (χ1) is 9.56. The summed E-state index contributed by atoms with van der Waals surface area (Å²) in [6.07, 6.45) is 1.95. The SMILES string of the molecule is CC1=CSC2=NC/C(=C\c3ccc(C)c(C)c3)C(=O)N12. The molecule has 1 aromatic rings. The highest BCUT2D eigenvalue weighted by atomic mass is 32.2. The van der Waals surface area contributed by atoms with Crippen molar-refractivity contribution < 1.29 is 4.79 Å². The average Bonchev–Trinajstić information content (AvgIpc) is 2.79. The van der Waals surface area contributed by atoms with Crippen LogP contribution >= 0.6 is 11.8 Å². The lowest BCUT2D eigenvalue weighted by Gasteiger charge is -2.23. The second kappa shape index (κ2) is 4.94. The third-order valence-electron chi connectivity index (χ3n) is 3.61. The summed E-state index contributed by atoms with van der Waals surface area (Å²) in [5.74, 6) is 0.0481. The van der Waals surface area contributed by atoms with Gasteiger partial charge in [-0.2, -0.15) is 0 Å². The highest BCUT2D eigenvalue weighted by molar-refractivity contribution is 8.16. The first-order valence-electron chi connectivity index (χ1n) is 6.56. The van der Waals surface area contributed by atoms with Crippen molar-refractivity contribution in [1.82, 2.24) is 4.90 Å². The fourth-order valence-electron chi connectivity index (χ4n) is 2.28. The van der Waals surface area contributed by atoms with E-state index in [1.54, 1.807) is 4.90 Å². The number of aryl methyl sites for hydroxylation is 2. The lowest BCUT2D eigenvalue weighted by molar-refractivity contribution is -0.122. The fraction of sp³-hybridized carbons (Fsp3) is 0.250. The smallest absolute Gasteiger partial charge is 0.262 e. The maximum Gasteiger partial charge on any atom is 0.262 e. The summed E-state index contributed by atoms with van der Waals surface area (Å²) in [7, 11) is 0. The Labute approximate surface area is 123 Å². The summed E-state index contributed by atoms with van der Waals surface area (Å²) in [5, 5.41) is 2.76. The molecule has 0 aromatic heterocycles. The summed E-state index contributed by atoms with van der Waals surface area (Å²) in [6, 6.07) is 6.24. The summed E-state index contributed by atoms with van der Waals surface area (Å²) < 4.78 is 0. The van der Waals surface area contributed by atoms with Gasteiger partial charge in [0.25, 0.3) is 5.91 Å². The summed E-state index contributed by atoms with van der Waals surface area (Å²) in [5.41, 5.74) is 5.25. The van der Waals surface area contributed by atoms with Crippen LogP contribution in [0.4, 0.5) is 0 Å². The average molecular weight is 284 g/mol. The number of nitrogens with zero attached hydrogens (tertiary/aromatic N) is 2. The van der Waals surface area contributed by atoms with Crippen LogP contribution in [0.3, 0.4) is 0 Å². The van der Waals surface area contributed by atoms with Crippen LogP contribution < -0.4 is 0 Å². The molecule has 2 aliphatic rings. The number of amidine groups is 1. The Morgan fingerprint density at radius 1 is 1.25 bits per heavy atom. The van der Waals surface area contributed by atoms with Gasteiger partial charge in [0.1, 0.15) is 0 Å². The van der Waals surface area contributed by atoms with Crippen molar-refractivity contribution in [2.45, 2.75) is 20.8 Å². The van der Waals surface area contributed by atoms with Crippen molar-refractivity contribution in [2.75, 3.05) is 6.54 Å². The third-order valence-corrected chi connectivity index (χ3v) is 4.59. The predicted molar refractivity (Wildman–Crippen MR) is 84.4 cm³/mol. The van der Waals surface area contributed by atoms with E-state index in [1.165, 1.54) is 22.9 Å². The van der Waals surface area contributed by atoms with Gasteiger partial charge < -0.3 is 0 Å². The molecule has 1 aromatic carbocycles. The van der Waals surface area contributed by atoms with Gasteiger partial charge >= 0.3 is 0 Å². The van der Waals surface area contributed by atoms with E-state index in [0.29, 0.717) is 6.54 Å². The lowest BCUT2D eigenvalue weighted by atomic mass is 10.0. The molecule has 4 heteroatoms. The molecule has 1 amide bonds. The highest BCUT2D eigenvalue weighted by Crippen LogP contribution is 2.31. The first-order valence-corrected chi connectivity index (χ1v) is 7.44. The highest BCUT2D eigenvalue weighted by Gasteiger charge is 2.31. The van der Waals surface area contributed by atoms with Gasteiger partial charge in [0.2, 0.25) is 0 Å². The number of carbonyl (C=O) groups is 1. The fourth-order valence-corrected chi connectivity index (χ4v) is 3.13. The number of benzene rings is 1. The number of aliphatic imine (C=N–C) groups is 1. The largest absolute Gasteiger partial charge is 0.269 e. The molecule has 0 saturated heterocycles. The number of hydrogen-bond acceptors (Lipinski definition) is 3. The Balaban J connectivity index is 1.95. The molecule has 2 heterocycles. The summed E-state index contributed by atoms with van der Waals surface area (Å²) >= 11 is 1.52. The Morgan fingerprint density at radius 2 is 2.05 bits per heavy atom. The molecular formula is C16H16N2OS. The van der Waals surface area contributed by atoms with Gasteiger partial charge in [-0.05, 0) is 48.9 Å². The van der Waals surface area contributed by atoms with Crippen LogP contribution in [0.15, 0.2) is 39.9 Å². The number of amides is 1. The molecular weight excluding hydrogens is 268 g/mol. The molecule has 3 nitrogen and oxygen atoms in total. The Bertz CT molecular complexity index is 686. The molecule has 0 N–H and O–H groups in total. The predicted octanol–water partition coefficient (Wildman–Crippen LogP) is 3.49. The minimum Gasteiger partial charge on any atom is -0.269 e. The Hall–Kier alpha value is -1.81. The third kappa shape index (κ3) is 2.20. The van der Waals surface area contributed by atoms with Crippen molar-refractivity contribution in [3.05, 3.63) is 51.6 Å². The van der Waals surface area contributed by atoms with Gasteiger partial charge in [-0.15, -0.1) is 0 Å². The van der Waals surface area contributed by atoms with Gasteiger partial charge in [0.05, 0.1) is 6.54 Å². The van der Waals surface area contributed by atoms with Gasteiger partial charge in [-0.25, -0.2) is 0 Å². The summed E-state index contributed by atoms with van der Waals surface area (Å²) in [4.78, 5) is 18.7. The van der Waals surface area contributed by atoms with Crippen LogP contribution in [0.2, 0.25) is 0 Å². The molecule has 0 atom stereocenters. The van der Waals surface area contributed by atoms with Gasteiger partial charge in [-0.1, -0.05) is 30.0 Å². The maximum absolute atomic E-state index is 12.5. The molecule has 0 unspecified atom stereocenters. The second-order valence-electron chi connectivity index (χ2n) is 5.13. The van der Waals surface area contributed by atoms with E-state index in [1.807, 2.05) is 24.5 Å². The minimum absolute atomic E-state index is 0.0481. The maximum atomic E-state index is 12.5. The second-order valence-corrected chi connectivity index (χ2v) is 5.97. The Morgan fingerprint density at radius 3 is 2.80 bits per heavy atom. The molecule has 0 bridgehead atoms. The van der Waals surface area contributed by atoms with E-state index < -0.39 is 0 Å². The van der Waals surface area contributed by atoms with Gasteiger partial charge in [0, 0.05) is 11.3 Å². The van der Waals surface area contributed by atoms with E-state index in [2.05, 4.69) is 31.0 Å². The molecule has 20 heavy (non-hydrogen) atoms. The normalized spacial score (nSPS) is 20.1. The monoisotopic (exact) mass is 284 g/mol. The number of hydrogen-bond donors (Lipinski definition) is 0. The first kappa shape index (κ1) is 13.2. The number of carbonyl (C=O) groups excluding carboxylic acids is 1. The van der Waals surface area contributed by atoms with Crippen molar-refractivity contribution in [3.8, 4) is 0 Å². The Kier molecular flexibility index (Phi) is 3.26. The zero-order chi connectivity index (χ0) is 14.3. The number of thioether (sulfide) groups is 1. The van der Waals surface area contributed by atoms with Crippen molar-refractivity contribution >= 4 is 28.9 Å². The molecule has 0 saturated carbocycles. The van der Waals surface area contributed by atoms with Crippen molar-refractivity contribution in [2.24, 2.45) is 4.99 Å². The van der Waals surface area contributed by atoms with Crippen LogP contribution in [0.5, 0.6) is 0 Å². The minimum atomic E-state index is 0.0481. The zero-order valence-electron chi connectivity index (χ0n) is 11.8. The quantitative estimate of drug-likeness (QED) is 0.739. The molecule has 3 rings (SSSR count). The molecule has 0 spiro atoms. The van der Waals surface area contributed by atoms with Crippen molar-refractivity contribution in [3.63, 3.8) is 0 Å². The lowest BCUT2D eigenvalue weighted by Crippen LogP contribution is -2.36. The van der Waals surface area contributed by atoms with Crippen molar-refractivity contribution in [1.29, 1.82) is 0 Å². The standard InChI is InChI=1S/C16H16N2OS/c1-10-4-5-13(6-11(10)2)7-14-8-17-16-18(15(14)19)12(3)9-20-16/h4-7,9H,8H2,1-3H3/b14-7+. The number of rotatable bonds is 1. The van der Waals surface area contributed by atoms with Crippen LogP contribution in [-0.2, 0) is 4.79 Å². The van der Waals surface area contributed by atoms with Crippen LogP contribution in [0, 0.1) is 13.8 Å². The van der Waals surface area contributed by atoms with E-state index >= 15 is 0 Å². The van der Waals surface area contributed by atoms with Crippen LogP contribution in [0.1, 0.15) is 23.6 Å². The van der Waals surface area contributed by atoms with Crippen LogP contribution in [-0.4, -0.2) is 22.5 Å². The molecule has 0 aliphatic carbocycles. The van der Waals surface area contributed by atoms with Gasteiger partial charge in [0.15, 0.2) is 5.17 Å². The molecule has 2 aliphatic heterocycles.